The van der Waals surface area contributed by atoms with Crippen LogP contribution in [-0.4, -0.2) is 22.9 Å². The van der Waals surface area contributed by atoms with Crippen molar-refractivity contribution in [2.24, 2.45) is 0 Å². The smallest absolute Gasteiger partial charge is 0.305 e. The maximum absolute atomic E-state index is 12.3. The second-order valence-corrected chi connectivity index (χ2v) is 6.23. The number of ketones is 1. The molecule has 0 unspecified atom stereocenters. The zero-order valence-corrected chi connectivity index (χ0v) is 17.1. The molecule has 2 rings (SSSR count). The average Bonchev–Trinajstić information content (AvgIpc) is 3.02. The van der Waals surface area contributed by atoms with E-state index in [0.29, 0.717) is 19.6 Å². The van der Waals surface area contributed by atoms with E-state index in [0.717, 1.165) is 36.9 Å². The van der Waals surface area contributed by atoms with Crippen molar-refractivity contribution in [1.29, 1.82) is 0 Å². The summed E-state index contributed by atoms with van der Waals surface area (Å²) < 4.78 is 8.89. The number of hydrogen-bond acceptors (Lipinski definition) is 3. The molecule has 1 aromatic carbocycles. The molecule has 0 saturated carbocycles. The lowest BCUT2D eigenvalue weighted by molar-refractivity contribution is -0.682. The molecule has 0 atom stereocenters. The molecular formula is C20H27BrN2O3. The lowest BCUT2D eigenvalue weighted by atomic mass is 10.1. The lowest BCUT2D eigenvalue weighted by Gasteiger charge is -2.01. The lowest BCUT2D eigenvalue weighted by Crippen LogP contribution is -3.00. The van der Waals surface area contributed by atoms with Crippen molar-refractivity contribution in [3.63, 3.8) is 0 Å². The Balaban J connectivity index is 0.00000338. The van der Waals surface area contributed by atoms with Crippen LogP contribution in [0.2, 0.25) is 0 Å². The predicted octanol–water partition coefficient (Wildman–Crippen LogP) is 0.0944. The molecule has 0 amide bonds. The Kier molecular flexibility index (Phi) is 9.88. The molecule has 0 bridgehead atoms. The Bertz CT molecular complexity index is 695. The van der Waals surface area contributed by atoms with Crippen molar-refractivity contribution in [2.75, 3.05) is 6.61 Å². The topological polar surface area (TPSA) is 52.2 Å². The number of carbonyl (C=O) groups is 2. The van der Waals surface area contributed by atoms with Gasteiger partial charge in [-0.05, 0) is 33.1 Å². The average molecular weight is 423 g/mol. The number of imidazole rings is 1. The number of nitrogens with zero attached hydrogens (tertiary/aromatic N) is 2. The van der Waals surface area contributed by atoms with Crippen LogP contribution in [0.15, 0.2) is 43.0 Å². The van der Waals surface area contributed by atoms with Crippen LogP contribution in [0.3, 0.4) is 0 Å². The van der Waals surface area contributed by atoms with Crippen LogP contribution in [0.5, 0.6) is 0 Å². The number of aryl methyl sites for hydroxylation is 2. The molecule has 6 heteroatoms. The number of ether oxygens (including phenoxy) is 1. The summed E-state index contributed by atoms with van der Waals surface area (Å²) in [4.78, 5) is 23.5. The maximum atomic E-state index is 12.3. The van der Waals surface area contributed by atoms with Crippen molar-refractivity contribution < 1.29 is 35.9 Å². The number of esters is 1. The molecule has 0 aliphatic carbocycles. The molecule has 0 aliphatic rings. The van der Waals surface area contributed by atoms with Gasteiger partial charge in [-0.3, -0.25) is 9.59 Å². The second-order valence-electron chi connectivity index (χ2n) is 6.23. The van der Waals surface area contributed by atoms with E-state index in [1.54, 1.807) is 0 Å². The molecule has 1 heterocycles. The first-order valence-corrected chi connectivity index (χ1v) is 8.89. The Hall–Kier alpha value is -1.95. The maximum Gasteiger partial charge on any atom is 0.305 e. The summed E-state index contributed by atoms with van der Waals surface area (Å²) in [5.41, 5.74) is 1.89. The number of aromatic nitrogens is 2. The third-order valence-corrected chi connectivity index (χ3v) is 4.05. The number of Topliss-reactive ketones (excluding diaryl/α,β-unsaturated/α-hetero) is 1. The minimum atomic E-state index is -0.115. The molecule has 0 fully saturated rings. The van der Waals surface area contributed by atoms with Crippen LogP contribution in [0.25, 0.3) is 0 Å². The summed E-state index contributed by atoms with van der Waals surface area (Å²) >= 11 is 0. The van der Waals surface area contributed by atoms with Gasteiger partial charge in [0.1, 0.15) is 12.4 Å². The molecule has 142 valence electrons. The van der Waals surface area contributed by atoms with Gasteiger partial charge in [0, 0.05) is 12.0 Å². The number of halogens is 1. The Labute approximate surface area is 165 Å². The fraction of sp³-hybridized carbons (Fsp3) is 0.450. The Morgan fingerprint density at radius 1 is 1.12 bits per heavy atom. The van der Waals surface area contributed by atoms with Gasteiger partial charge in [-0.15, -0.1) is 0 Å². The van der Waals surface area contributed by atoms with Crippen LogP contribution >= 0.6 is 0 Å². The number of benzene rings is 1. The van der Waals surface area contributed by atoms with Gasteiger partial charge < -0.3 is 21.7 Å². The van der Waals surface area contributed by atoms with E-state index in [-0.39, 0.29) is 28.7 Å². The molecule has 0 radical (unpaired) electrons. The third kappa shape index (κ3) is 7.52. The van der Waals surface area contributed by atoms with E-state index in [9.17, 15) is 9.59 Å². The number of carbonyl (C=O) groups excluding carboxylic acids is 2. The van der Waals surface area contributed by atoms with E-state index >= 15 is 0 Å². The van der Waals surface area contributed by atoms with Crippen LogP contribution in [0, 0.1) is 6.92 Å². The Morgan fingerprint density at radius 2 is 1.85 bits per heavy atom. The summed E-state index contributed by atoms with van der Waals surface area (Å²) in [5.74, 6) is -0.00638. The largest absolute Gasteiger partial charge is 1.00 e. The summed E-state index contributed by atoms with van der Waals surface area (Å²) in [7, 11) is 0. The predicted molar refractivity (Wildman–Crippen MR) is 95.2 cm³/mol. The standard InChI is InChI=1S/C20H27N2O3.BrH/c1-3-25-20(24)7-5-4-6-12-21-13-14-22(16-21)15-19(23)18-10-8-17(2)9-11-18;/h8-11,13-14,16H,3-7,12,15H2,1-2H3;1H/q+1;/p-1. The molecule has 5 nitrogen and oxygen atoms in total. The minimum absolute atomic E-state index is 0. The fourth-order valence-electron chi connectivity index (χ4n) is 2.63. The number of rotatable bonds is 10. The second kappa shape index (κ2) is 11.6. The fourth-order valence-corrected chi connectivity index (χ4v) is 2.63. The van der Waals surface area contributed by atoms with Crippen molar-refractivity contribution in [3.05, 3.63) is 54.1 Å². The zero-order chi connectivity index (χ0) is 18.1. The van der Waals surface area contributed by atoms with E-state index in [2.05, 4.69) is 4.57 Å². The van der Waals surface area contributed by atoms with Gasteiger partial charge >= 0.3 is 5.97 Å². The normalized spacial score (nSPS) is 10.2. The monoisotopic (exact) mass is 422 g/mol. The summed E-state index contributed by atoms with van der Waals surface area (Å²) in [6.45, 7) is 5.51. The summed E-state index contributed by atoms with van der Waals surface area (Å²) in [6.07, 6.45) is 9.19. The summed E-state index contributed by atoms with van der Waals surface area (Å²) in [6, 6.07) is 7.66. The highest BCUT2D eigenvalue weighted by atomic mass is 79.9. The molecule has 0 N–H and O–H groups in total. The van der Waals surface area contributed by atoms with Gasteiger partial charge in [-0.2, -0.15) is 0 Å². The molecular weight excluding hydrogens is 396 g/mol. The molecule has 0 saturated heterocycles. The highest BCUT2D eigenvalue weighted by Crippen LogP contribution is 2.05. The van der Waals surface area contributed by atoms with Crippen LogP contribution in [-0.2, 0) is 22.6 Å². The Morgan fingerprint density at radius 3 is 2.54 bits per heavy atom. The molecule has 26 heavy (non-hydrogen) atoms. The van der Waals surface area contributed by atoms with E-state index < -0.39 is 0 Å². The van der Waals surface area contributed by atoms with Crippen LogP contribution in [0.1, 0.15) is 48.5 Å². The SMILES string of the molecule is CCOC(=O)CCCCCn1cc[n+](CC(=O)c2ccc(C)cc2)c1.[Br-]. The minimum Gasteiger partial charge on any atom is -1.00 e. The first-order valence-electron chi connectivity index (χ1n) is 8.89. The third-order valence-electron chi connectivity index (χ3n) is 4.05. The highest BCUT2D eigenvalue weighted by Gasteiger charge is 2.11. The van der Waals surface area contributed by atoms with Gasteiger partial charge in [-0.1, -0.05) is 29.8 Å². The van der Waals surface area contributed by atoms with Crippen LogP contribution < -0.4 is 21.5 Å². The van der Waals surface area contributed by atoms with E-state index in [4.69, 9.17) is 4.74 Å². The van der Waals surface area contributed by atoms with E-state index in [1.165, 1.54) is 0 Å². The zero-order valence-electron chi connectivity index (χ0n) is 15.5. The molecule has 0 spiro atoms. The van der Waals surface area contributed by atoms with E-state index in [1.807, 2.05) is 61.4 Å². The van der Waals surface area contributed by atoms with Crippen molar-refractivity contribution in [3.8, 4) is 0 Å². The van der Waals surface area contributed by atoms with Crippen LogP contribution in [0.4, 0.5) is 0 Å². The van der Waals surface area contributed by atoms with Crippen molar-refractivity contribution >= 4 is 11.8 Å². The molecule has 2 aromatic rings. The van der Waals surface area contributed by atoms with Gasteiger partial charge in [0.2, 0.25) is 12.1 Å². The first-order chi connectivity index (χ1) is 12.1. The number of hydrogen-bond donors (Lipinski definition) is 0. The van der Waals surface area contributed by atoms with Crippen molar-refractivity contribution in [1.82, 2.24) is 4.57 Å². The van der Waals surface area contributed by atoms with Gasteiger partial charge in [0.15, 0.2) is 6.54 Å². The van der Waals surface area contributed by atoms with Gasteiger partial charge in [-0.25, -0.2) is 9.13 Å². The number of unbranched alkanes of at least 4 members (excludes halogenated alkanes) is 2. The van der Waals surface area contributed by atoms with Gasteiger partial charge in [0.05, 0.1) is 13.2 Å². The molecule has 0 aliphatic heterocycles. The summed E-state index contributed by atoms with van der Waals surface area (Å²) in [5, 5.41) is 0. The van der Waals surface area contributed by atoms with Crippen molar-refractivity contribution in [2.45, 2.75) is 52.6 Å². The first kappa shape index (κ1) is 22.1. The quantitative estimate of drug-likeness (QED) is 0.236. The molecule has 1 aromatic heterocycles. The van der Waals surface area contributed by atoms with Gasteiger partial charge in [0.25, 0.3) is 0 Å². The highest BCUT2D eigenvalue weighted by molar-refractivity contribution is 5.95.